The van der Waals surface area contributed by atoms with Gasteiger partial charge in [0.1, 0.15) is 5.75 Å². The summed E-state index contributed by atoms with van der Waals surface area (Å²) in [6, 6.07) is 6.66. The number of halogens is 3. The van der Waals surface area contributed by atoms with Crippen LogP contribution < -0.4 is 10.1 Å². The minimum atomic E-state index is -4.32. The SMILES string of the molecule is COCCNCc1ccccc1OCC(F)(F)F. The molecule has 0 saturated heterocycles. The van der Waals surface area contributed by atoms with Gasteiger partial charge in [0.25, 0.3) is 0 Å². The Morgan fingerprint density at radius 3 is 2.61 bits per heavy atom. The highest BCUT2D eigenvalue weighted by atomic mass is 19.4. The summed E-state index contributed by atoms with van der Waals surface area (Å²) >= 11 is 0. The molecule has 1 aromatic rings. The Morgan fingerprint density at radius 2 is 1.94 bits per heavy atom. The summed E-state index contributed by atoms with van der Waals surface area (Å²) in [4.78, 5) is 0. The number of rotatable bonds is 7. The first-order valence-electron chi connectivity index (χ1n) is 5.50. The van der Waals surface area contributed by atoms with Crippen LogP contribution in [0.3, 0.4) is 0 Å². The number of nitrogens with one attached hydrogen (secondary N) is 1. The van der Waals surface area contributed by atoms with Crippen LogP contribution in [-0.4, -0.2) is 33.0 Å². The van der Waals surface area contributed by atoms with Crippen molar-refractivity contribution in [3.63, 3.8) is 0 Å². The highest BCUT2D eigenvalue weighted by Gasteiger charge is 2.28. The summed E-state index contributed by atoms with van der Waals surface area (Å²) in [7, 11) is 1.59. The second-order valence-electron chi connectivity index (χ2n) is 3.68. The van der Waals surface area contributed by atoms with Gasteiger partial charge in [-0.05, 0) is 6.07 Å². The quantitative estimate of drug-likeness (QED) is 0.766. The van der Waals surface area contributed by atoms with E-state index in [-0.39, 0.29) is 5.75 Å². The van der Waals surface area contributed by atoms with E-state index in [1.807, 2.05) is 0 Å². The van der Waals surface area contributed by atoms with Crippen LogP contribution in [0.4, 0.5) is 13.2 Å². The van der Waals surface area contributed by atoms with Gasteiger partial charge in [-0.1, -0.05) is 18.2 Å². The summed E-state index contributed by atoms with van der Waals surface area (Å²) in [5.74, 6) is 0.250. The lowest BCUT2D eigenvalue weighted by Crippen LogP contribution is -2.21. The molecular weight excluding hydrogens is 247 g/mol. The highest BCUT2D eigenvalue weighted by Crippen LogP contribution is 2.21. The van der Waals surface area contributed by atoms with Crippen molar-refractivity contribution in [3.8, 4) is 5.75 Å². The third-order valence-corrected chi connectivity index (χ3v) is 2.16. The minimum absolute atomic E-state index is 0.250. The standard InChI is InChI=1S/C12H16F3NO2/c1-17-7-6-16-8-10-4-2-3-5-11(10)18-9-12(13,14)15/h2-5,16H,6-9H2,1H3. The molecule has 0 aromatic heterocycles. The van der Waals surface area contributed by atoms with E-state index in [4.69, 9.17) is 9.47 Å². The van der Waals surface area contributed by atoms with Crippen molar-refractivity contribution in [3.05, 3.63) is 29.8 Å². The van der Waals surface area contributed by atoms with Crippen molar-refractivity contribution in [1.29, 1.82) is 0 Å². The number of ether oxygens (including phenoxy) is 2. The third kappa shape index (κ3) is 5.88. The molecule has 0 aliphatic rings. The summed E-state index contributed by atoms with van der Waals surface area (Å²) in [6.07, 6.45) is -4.32. The fraction of sp³-hybridized carbons (Fsp3) is 0.500. The van der Waals surface area contributed by atoms with Crippen LogP contribution in [0.5, 0.6) is 5.75 Å². The number of methoxy groups -OCH3 is 1. The second-order valence-corrected chi connectivity index (χ2v) is 3.68. The molecule has 102 valence electrons. The molecule has 0 radical (unpaired) electrons. The normalized spacial score (nSPS) is 11.6. The van der Waals surface area contributed by atoms with Crippen LogP contribution in [0.2, 0.25) is 0 Å². The molecule has 3 nitrogen and oxygen atoms in total. The molecule has 1 rings (SSSR count). The van der Waals surface area contributed by atoms with E-state index in [1.54, 1.807) is 25.3 Å². The monoisotopic (exact) mass is 263 g/mol. The van der Waals surface area contributed by atoms with Gasteiger partial charge in [-0.3, -0.25) is 0 Å². The number of hydrogen-bond donors (Lipinski definition) is 1. The average molecular weight is 263 g/mol. The summed E-state index contributed by atoms with van der Waals surface area (Å²) in [5, 5.41) is 3.05. The lowest BCUT2D eigenvalue weighted by molar-refractivity contribution is -0.153. The highest BCUT2D eigenvalue weighted by molar-refractivity contribution is 5.33. The van der Waals surface area contributed by atoms with Gasteiger partial charge in [0.15, 0.2) is 6.61 Å². The lowest BCUT2D eigenvalue weighted by Gasteiger charge is -2.13. The maximum absolute atomic E-state index is 12.1. The molecule has 0 atom stereocenters. The van der Waals surface area contributed by atoms with Crippen LogP contribution in [0.1, 0.15) is 5.56 Å². The van der Waals surface area contributed by atoms with Crippen LogP contribution in [-0.2, 0) is 11.3 Å². The van der Waals surface area contributed by atoms with Crippen molar-refractivity contribution >= 4 is 0 Å². The maximum atomic E-state index is 12.1. The Morgan fingerprint density at radius 1 is 1.22 bits per heavy atom. The van der Waals surface area contributed by atoms with Crippen LogP contribution >= 0.6 is 0 Å². The number of alkyl halides is 3. The fourth-order valence-electron chi connectivity index (χ4n) is 1.35. The molecule has 6 heteroatoms. The van der Waals surface area contributed by atoms with Gasteiger partial charge in [0.2, 0.25) is 0 Å². The molecule has 0 bridgehead atoms. The molecule has 0 unspecified atom stereocenters. The zero-order chi connectivity index (χ0) is 13.4. The Kier molecular flexibility index (Phi) is 5.94. The van der Waals surface area contributed by atoms with Gasteiger partial charge >= 0.3 is 6.18 Å². The Balaban J connectivity index is 2.51. The Labute approximate surface area is 104 Å². The summed E-state index contributed by atoms with van der Waals surface area (Å²) in [5.41, 5.74) is 0.692. The minimum Gasteiger partial charge on any atom is -0.484 e. The molecule has 0 spiro atoms. The van der Waals surface area contributed by atoms with E-state index in [0.717, 1.165) is 0 Å². The molecule has 0 saturated carbocycles. The maximum Gasteiger partial charge on any atom is 0.422 e. The van der Waals surface area contributed by atoms with Crippen molar-refractivity contribution in [2.75, 3.05) is 26.9 Å². The van der Waals surface area contributed by atoms with Crippen molar-refractivity contribution < 1.29 is 22.6 Å². The molecule has 18 heavy (non-hydrogen) atoms. The fourth-order valence-corrected chi connectivity index (χ4v) is 1.35. The largest absolute Gasteiger partial charge is 0.484 e. The number of para-hydroxylation sites is 1. The first-order chi connectivity index (χ1) is 8.53. The third-order valence-electron chi connectivity index (χ3n) is 2.16. The van der Waals surface area contributed by atoms with Gasteiger partial charge in [-0.15, -0.1) is 0 Å². The molecule has 0 fully saturated rings. The van der Waals surface area contributed by atoms with E-state index < -0.39 is 12.8 Å². The van der Waals surface area contributed by atoms with Gasteiger partial charge in [0, 0.05) is 25.8 Å². The smallest absolute Gasteiger partial charge is 0.422 e. The number of benzene rings is 1. The van der Waals surface area contributed by atoms with Gasteiger partial charge in [-0.25, -0.2) is 0 Å². The summed E-state index contributed by atoms with van der Waals surface area (Å²) in [6.45, 7) is 0.342. The zero-order valence-electron chi connectivity index (χ0n) is 10.1. The van der Waals surface area contributed by atoms with Crippen LogP contribution in [0.15, 0.2) is 24.3 Å². The second kappa shape index (κ2) is 7.23. The van der Waals surface area contributed by atoms with E-state index in [9.17, 15) is 13.2 Å². The first kappa shape index (κ1) is 14.8. The Hall–Kier alpha value is -1.27. The number of hydrogen-bond acceptors (Lipinski definition) is 3. The van der Waals surface area contributed by atoms with E-state index in [2.05, 4.69) is 5.32 Å². The molecule has 0 heterocycles. The average Bonchev–Trinajstić information content (AvgIpc) is 2.32. The predicted octanol–water partition coefficient (Wildman–Crippen LogP) is 2.36. The zero-order valence-corrected chi connectivity index (χ0v) is 10.1. The van der Waals surface area contributed by atoms with Crippen molar-refractivity contribution in [2.45, 2.75) is 12.7 Å². The van der Waals surface area contributed by atoms with Crippen molar-refractivity contribution in [2.24, 2.45) is 0 Å². The van der Waals surface area contributed by atoms with Gasteiger partial charge in [0.05, 0.1) is 6.61 Å². The molecule has 1 N–H and O–H groups in total. The Bertz CT molecular complexity index is 355. The first-order valence-corrected chi connectivity index (χ1v) is 5.50. The van der Waals surface area contributed by atoms with E-state index in [1.165, 1.54) is 6.07 Å². The van der Waals surface area contributed by atoms with E-state index in [0.29, 0.717) is 25.3 Å². The topological polar surface area (TPSA) is 30.5 Å². The lowest BCUT2D eigenvalue weighted by atomic mass is 10.2. The van der Waals surface area contributed by atoms with Crippen molar-refractivity contribution in [1.82, 2.24) is 5.32 Å². The van der Waals surface area contributed by atoms with Gasteiger partial charge < -0.3 is 14.8 Å². The summed E-state index contributed by atoms with van der Waals surface area (Å²) < 4.78 is 45.8. The van der Waals surface area contributed by atoms with Gasteiger partial charge in [-0.2, -0.15) is 13.2 Å². The van der Waals surface area contributed by atoms with Crippen LogP contribution in [0.25, 0.3) is 0 Å². The van der Waals surface area contributed by atoms with E-state index >= 15 is 0 Å². The molecule has 0 amide bonds. The van der Waals surface area contributed by atoms with Crippen LogP contribution in [0, 0.1) is 0 Å². The molecular formula is C12H16F3NO2. The molecule has 0 aliphatic heterocycles. The molecule has 1 aromatic carbocycles. The molecule has 0 aliphatic carbocycles. The predicted molar refractivity (Wildman–Crippen MR) is 61.6 cm³/mol.